The number of ether oxygens (including phenoxy) is 3. The molecule has 1 N–H and O–H groups in total. The third-order valence-electron chi connectivity index (χ3n) is 3.84. The van der Waals surface area contributed by atoms with E-state index in [1.54, 1.807) is 26.5 Å². The first kappa shape index (κ1) is 21.7. The molecule has 0 aliphatic carbocycles. The molecule has 3 aromatic rings. The average molecular weight is 414 g/mol. The van der Waals surface area contributed by atoms with E-state index in [9.17, 15) is 13.0 Å². The van der Waals surface area contributed by atoms with Crippen molar-refractivity contribution in [1.82, 2.24) is 9.97 Å². The quantitative estimate of drug-likeness (QED) is 0.628. The molecule has 1 atom stereocenters. The summed E-state index contributed by atoms with van der Waals surface area (Å²) >= 11 is 0. The molecule has 0 fully saturated rings. The van der Waals surface area contributed by atoms with Gasteiger partial charge in [0, 0.05) is 19.4 Å². The van der Waals surface area contributed by atoms with E-state index < -0.39 is 17.4 Å². The molecule has 0 amide bonds. The molecule has 0 bridgehead atoms. The second-order valence-electron chi connectivity index (χ2n) is 5.49. The second-order valence-corrected chi connectivity index (χ2v) is 6.85. The summed E-state index contributed by atoms with van der Waals surface area (Å²) in [5.74, 6) is 1.33. The zero-order chi connectivity index (χ0) is 20.7. The highest BCUT2D eigenvalue weighted by atomic mass is 32.2. The van der Waals surface area contributed by atoms with Crippen LogP contribution in [0.3, 0.4) is 0 Å². The van der Waals surface area contributed by atoms with Gasteiger partial charge in [0.05, 0.1) is 32.7 Å². The lowest BCUT2D eigenvalue weighted by Gasteiger charge is -2.10. The zero-order valence-corrected chi connectivity index (χ0v) is 16.8. The van der Waals surface area contributed by atoms with Crippen molar-refractivity contribution in [3.8, 4) is 11.5 Å². The maximum absolute atomic E-state index is 12.8. The van der Waals surface area contributed by atoms with Crippen LogP contribution in [-0.2, 0) is 28.3 Å². The molecule has 0 aliphatic rings. The van der Waals surface area contributed by atoms with Crippen LogP contribution in [0, 0.1) is 0 Å². The van der Waals surface area contributed by atoms with Gasteiger partial charge in [-0.1, -0.05) is 12.1 Å². The van der Waals surface area contributed by atoms with Gasteiger partial charge < -0.3 is 14.2 Å². The molecule has 0 aliphatic heterocycles. The predicted molar refractivity (Wildman–Crippen MR) is 99.9 cm³/mol. The van der Waals surface area contributed by atoms with Gasteiger partial charge >= 0.3 is 11.8 Å². The Morgan fingerprint density at radius 1 is 1.18 bits per heavy atom. The molecule has 0 saturated heterocycles. The molecule has 7 nitrogen and oxygen atoms in total. The molecule has 2 heterocycles. The Morgan fingerprint density at radius 2 is 1.86 bits per heavy atom. The number of hydrogen-bond acceptors (Lipinski definition) is 5. The van der Waals surface area contributed by atoms with E-state index in [1.807, 2.05) is 35.9 Å². The Bertz CT molecular complexity index is 950. The largest absolute Gasteiger partial charge is 0.493 e. The van der Waals surface area contributed by atoms with Crippen LogP contribution in [0.4, 0.5) is 8.78 Å². The molecule has 1 aromatic carbocycles. The van der Waals surface area contributed by atoms with Crippen LogP contribution in [-0.4, -0.2) is 42.1 Å². The van der Waals surface area contributed by atoms with E-state index in [2.05, 4.69) is 14.7 Å². The van der Waals surface area contributed by atoms with Crippen LogP contribution in [0.5, 0.6) is 11.5 Å². The smallest absolute Gasteiger partial charge is 0.347 e. The number of fused-ring (bicyclic) bond motifs is 1. The van der Waals surface area contributed by atoms with Crippen LogP contribution in [0.25, 0.3) is 11.0 Å². The molecule has 0 radical (unpaired) electrons. The Labute approximate surface area is 163 Å². The topological polar surface area (TPSA) is 77.3 Å². The van der Waals surface area contributed by atoms with Crippen molar-refractivity contribution in [3.63, 3.8) is 0 Å². The van der Waals surface area contributed by atoms with Gasteiger partial charge in [0.15, 0.2) is 22.5 Å². The normalized spacial score (nSPS) is 11.8. The van der Waals surface area contributed by atoms with Gasteiger partial charge in [-0.05, 0) is 12.1 Å². The predicted octanol–water partition coefficient (Wildman–Crippen LogP) is 2.57. The van der Waals surface area contributed by atoms with Crippen molar-refractivity contribution in [3.05, 3.63) is 42.2 Å². The second kappa shape index (κ2) is 10.1. The van der Waals surface area contributed by atoms with Crippen molar-refractivity contribution in [2.24, 2.45) is 7.05 Å². The first-order valence-corrected chi connectivity index (χ1v) is 9.46. The minimum atomic E-state index is -2.62. The van der Waals surface area contributed by atoms with Crippen molar-refractivity contribution in [1.29, 1.82) is 0 Å². The summed E-state index contributed by atoms with van der Waals surface area (Å²) in [5.41, 5.74) is 2.55. The number of nitrogens with zero attached hydrogens (tertiary/aromatic N) is 2. The maximum Gasteiger partial charge on any atom is 0.347 e. The highest BCUT2D eigenvalue weighted by molar-refractivity contribution is 7.83. The van der Waals surface area contributed by atoms with Crippen molar-refractivity contribution in [2.75, 3.05) is 21.3 Å². The van der Waals surface area contributed by atoms with E-state index in [0.717, 1.165) is 18.1 Å². The first-order chi connectivity index (χ1) is 13.4. The highest BCUT2D eigenvalue weighted by Crippen LogP contribution is 2.30. The number of aryl methyl sites for hydroxylation is 1. The number of aromatic nitrogens is 3. The number of hydrogen-bond donors (Lipinski definition) is 1. The van der Waals surface area contributed by atoms with E-state index in [1.165, 1.54) is 0 Å². The number of rotatable bonds is 6. The number of aromatic amines is 1. The molecule has 10 heteroatoms. The number of alkyl halides is 2. The number of methoxy groups -OCH3 is 3. The van der Waals surface area contributed by atoms with Crippen molar-refractivity contribution >= 4 is 21.8 Å². The van der Waals surface area contributed by atoms with E-state index in [0.29, 0.717) is 22.3 Å². The summed E-state index contributed by atoms with van der Waals surface area (Å²) < 4.78 is 49.8. The molecule has 1 unspecified atom stereocenters. The average Bonchev–Trinajstić information content (AvgIpc) is 3.05. The third-order valence-corrected chi connectivity index (χ3v) is 5.18. The summed E-state index contributed by atoms with van der Waals surface area (Å²) in [7, 11) is 4.67. The minimum absolute atomic E-state index is 0.237. The molecule has 28 heavy (non-hydrogen) atoms. The molecular formula is C18H22F2N3O4S+. The summed E-state index contributed by atoms with van der Waals surface area (Å²) in [6.07, 6.45) is 1.62. The lowest BCUT2D eigenvalue weighted by atomic mass is 10.3. The number of H-pyrrole nitrogens is 1. The zero-order valence-electron chi connectivity index (χ0n) is 15.9. The fourth-order valence-electron chi connectivity index (χ4n) is 2.54. The Kier molecular flexibility index (Phi) is 7.82. The Morgan fingerprint density at radius 3 is 2.43 bits per heavy atom. The van der Waals surface area contributed by atoms with Crippen molar-refractivity contribution < 1.29 is 31.8 Å². The standard InChI is InChI=1S/C16H17N3O3S.C2H4F2O/c1-19-13-7-5-4-6-11(13)18-16(19)23(20)10-12-15(22-3)14(21-2)8-9-17-12;1-5-2(3)4/h4-9H,10H2,1-3H3;2H,1H3/p+1. The fourth-order valence-corrected chi connectivity index (χ4v) is 3.75. The summed E-state index contributed by atoms with van der Waals surface area (Å²) in [6.45, 7) is -2.62. The number of benzene rings is 1. The van der Waals surface area contributed by atoms with Gasteiger partial charge in [-0.3, -0.25) is 4.98 Å². The van der Waals surface area contributed by atoms with Crippen LogP contribution in [0.2, 0.25) is 0 Å². The van der Waals surface area contributed by atoms with E-state index >= 15 is 0 Å². The SMILES string of the molecule is COC(F)F.COc1ccnc(CS(=O)c2[nH]c3ccccc3[n+]2C)c1OC. The number of para-hydroxylation sites is 2. The molecule has 152 valence electrons. The molecule has 3 rings (SSSR count). The number of halogens is 2. The minimum Gasteiger partial charge on any atom is -0.493 e. The first-order valence-electron chi connectivity index (χ1n) is 8.14. The molecule has 0 spiro atoms. The monoisotopic (exact) mass is 414 g/mol. The van der Waals surface area contributed by atoms with Crippen LogP contribution in [0.1, 0.15) is 5.69 Å². The van der Waals surface area contributed by atoms with Gasteiger partial charge in [0.1, 0.15) is 10.8 Å². The number of pyridine rings is 1. The lowest BCUT2D eigenvalue weighted by molar-refractivity contribution is -0.684. The van der Waals surface area contributed by atoms with E-state index in [-0.39, 0.29) is 5.75 Å². The summed E-state index contributed by atoms with van der Waals surface area (Å²) in [4.78, 5) is 7.50. The summed E-state index contributed by atoms with van der Waals surface area (Å²) in [6, 6.07) is 9.55. The molecule has 2 aromatic heterocycles. The van der Waals surface area contributed by atoms with Crippen LogP contribution < -0.4 is 14.0 Å². The highest BCUT2D eigenvalue weighted by Gasteiger charge is 2.23. The molecular weight excluding hydrogens is 392 g/mol. The van der Waals surface area contributed by atoms with Gasteiger partial charge in [-0.25, -0.2) is 13.8 Å². The summed E-state index contributed by atoms with van der Waals surface area (Å²) in [5, 5.41) is 0.637. The van der Waals surface area contributed by atoms with E-state index in [4.69, 9.17) is 9.47 Å². The maximum atomic E-state index is 12.8. The van der Waals surface area contributed by atoms with Gasteiger partial charge in [-0.2, -0.15) is 8.78 Å². The van der Waals surface area contributed by atoms with Gasteiger partial charge in [0.2, 0.25) is 0 Å². The Balaban J connectivity index is 0.000000500. The number of nitrogens with one attached hydrogen (secondary N) is 1. The van der Waals surface area contributed by atoms with Gasteiger partial charge in [0.25, 0.3) is 0 Å². The van der Waals surface area contributed by atoms with Crippen LogP contribution >= 0.6 is 0 Å². The fraction of sp³-hybridized carbons (Fsp3) is 0.333. The lowest BCUT2D eigenvalue weighted by Crippen LogP contribution is -2.32. The van der Waals surface area contributed by atoms with Crippen LogP contribution in [0.15, 0.2) is 41.7 Å². The van der Waals surface area contributed by atoms with Gasteiger partial charge in [-0.15, -0.1) is 0 Å². The Hall–Kier alpha value is -2.59. The third kappa shape index (κ3) is 5.02. The van der Waals surface area contributed by atoms with Crippen molar-refractivity contribution in [2.45, 2.75) is 17.5 Å². The number of imidazole rings is 1. The molecule has 0 saturated carbocycles.